The van der Waals surface area contributed by atoms with E-state index in [2.05, 4.69) is 11.3 Å². The van der Waals surface area contributed by atoms with Gasteiger partial charge in [-0.25, -0.2) is 4.79 Å². The van der Waals surface area contributed by atoms with Crippen molar-refractivity contribution in [3.8, 4) is 5.75 Å². The maximum atomic E-state index is 10.9. The summed E-state index contributed by atoms with van der Waals surface area (Å²) < 4.78 is 7.97. The predicted octanol–water partition coefficient (Wildman–Crippen LogP) is 3.49. The molecule has 0 radical (unpaired) electrons. The number of carbonyl (C=O) groups excluding carboxylic acids is 1. The predicted molar refractivity (Wildman–Crippen MR) is 67.4 cm³/mol. The summed E-state index contributed by atoms with van der Waals surface area (Å²) in [5.74, 6) is -0.342. The van der Waals surface area contributed by atoms with Crippen molar-refractivity contribution in [3.05, 3.63) is 43.0 Å². The van der Waals surface area contributed by atoms with Crippen LogP contribution in [0.25, 0.3) is 0 Å². The van der Waals surface area contributed by atoms with E-state index in [-0.39, 0.29) is 0 Å². The molecule has 0 saturated heterocycles. The molecular formula is C11H9Cl3O3. The van der Waals surface area contributed by atoms with Crippen LogP contribution < -0.4 is 4.74 Å². The van der Waals surface area contributed by atoms with Crippen LogP contribution in [0.15, 0.2) is 43.0 Å². The quantitative estimate of drug-likeness (QED) is 0.474. The fourth-order valence-electron chi connectivity index (χ4n) is 0.911. The molecule has 17 heavy (non-hydrogen) atoms. The average Bonchev–Trinajstić information content (AvgIpc) is 2.29. The van der Waals surface area contributed by atoms with Crippen molar-refractivity contribution in [1.82, 2.24) is 0 Å². The third-order valence-electron chi connectivity index (χ3n) is 1.65. The van der Waals surface area contributed by atoms with Crippen molar-refractivity contribution in [1.29, 1.82) is 0 Å². The lowest BCUT2D eigenvalue weighted by Gasteiger charge is -2.25. The van der Waals surface area contributed by atoms with Crippen LogP contribution in [0, 0.1) is 0 Å². The molecule has 1 aromatic carbocycles. The lowest BCUT2D eigenvalue weighted by molar-refractivity contribution is -0.142. The maximum Gasteiger partial charge on any atom is 0.331 e. The molecule has 0 aromatic heterocycles. The number of hydrogen-bond donors (Lipinski definition) is 0. The number of para-hydroxylation sites is 1. The maximum absolute atomic E-state index is 10.9. The molecule has 0 bridgehead atoms. The normalized spacial score (nSPS) is 12.6. The second-order valence-corrected chi connectivity index (χ2v) is 4.65. The van der Waals surface area contributed by atoms with Gasteiger partial charge >= 0.3 is 10.5 Å². The van der Waals surface area contributed by atoms with Crippen LogP contribution in [0.5, 0.6) is 5.75 Å². The van der Waals surface area contributed by atoms with E-state index in [1.807, 2.05) is 0 Å². The Morgan fingerprint density at radius 1 is 1.35 bits per heavy atom. The molecule has 0 saturated carbocycles. The van der Waals surface area contributed by atoms with Gasteiger partial charge in [-0.2, -0.15) is 0 Å². The van der Waals surface area contributed by atoms with Crippen LogP contribution in [0.4, 0.5) is 0 Å². The highest BCUT2D eigenvalue weighted by molar-refractivity contribution is 6.51. The van der Waals surface area contributed by atoms with Crippen LogP contribution in [-0.4, -0.2) is 16.1 Å². The molecule has 0 amide bonds. The molecule has 0 aliphatic rings. The number of alkyl halides is 3. The molecule has 1 atom stereocenters. The largest absolute Gasteiger partial charge is 0.453 e. The zero-order valence-electron chi connectivity index (χ0n) is 8.61. The minimum Gasteiger partial charge on any atom is -0.453 e. The standard InChI is InChI=1S/C11H9Cl3O3/c1-2-9(15)16-10(12)11(13,14)17-8-6-4-3-5-7-8/h2-7,10H,1H2. The van der Waals surface area contributed by atoms with Gasteiger partial charge in [0.1, 0.15) is 5.75 Å². The van der Waals surface area contributed by atoms with Gasteiger partial charge in [0.15, 0.2) is 0 Å². The second kappa shape index (κ2) is 6.15. The van der Waals surface area contributed by atoms with Crippen molar-refractivity contribution in [3.63, 3.8) is 0 Å². The summed E-state index contributed by atoms with van der Waals surface area (Å²) in [6.07, 6.45) is 0.946. The summed E-state index contributed by atoms with van der Waals surface area (Å²) in [5, 5.41) is 0. The molecule has 1 rings (SSSR count). The Bertz CT molecular complexity index is 392. The molecule has 0 fully saturated rings. The third-order valence-corrected chi connectivity index (χ3v) is 2.82. The molecular weight excluding hydrogens is 286 g/mol. The van der Waals surface area contributed by atoms with E-state index in [1.54, 1.807) is 30.3 Å². The van der Waals surface area contributed by atoms with Gasteiger partial charge in [-0.3, -0.25) is 0 Å². The lowest BCUT2D eigenvalue weighted by atomic mass is 10.3. The van der Waals surface area contributed by atoms with Crippen molar-refractivity contribution in [2.45, 2.75) is 10.1 Å². The van der Waals surface area contributed by atoms with E-state index in [9.17, 15) is 4.79 Å². The molecule has 6 heteroatoms. The minimum absolute atomic E-state index is 0.401. The Hall–Kier alpha value is -0.900. The summed E-state index contributed by atoms with van der Waals surface area (Å²) in [7, 11) is 0. The van der Waals surface area contributed by atoms with Crippen LogP contribution >= 0.6 is 34.8 Å². The van der Waals surface area contributed by atoms with Gasteiger partial charge in [0.05, 0.1) is 0 Å². The fourth-order valence-corrected chi connectivity index (χ4v) is 1.31. The number of hydrogen-bond acceptors (Lipinski definition) is 3. The third kappa shape index (κ3) is 4.46. The van der Waals surface area contributed by atoms with Gasteiger partial charge in [0.2, 0.25) is 5.56 Å². The average molecular weight is 296 g/mol. The molecule has 0 N–H and O–H groups in total. The molecule has 1 aromatic rings. The lowest BCUT2D eigenvalue weighted by Crippen LogP contribution is -2.36. The monoisotopic (exact) mass is 294 g/mol. The van der Waals surface area contributed by atoms with Gasteiger partial charge in [0.25, 0.3) is 0 Å². The van der Waals surface area contributed by atoms with Gasteiger partial charge in [-0.1, -0.05) is 59.6 Å². The zero-order valence-corrected chi connectivity index (χ0v) is 10.9. The van der Waals surface area contributed by atoms with Crippen molar-refractivity contribution < 1.29 is 14.3 Å². The molecule has 0 heterocycles. The first kappa shape index (κ1) is 14.2. The number of halogens is 3. The number of carbonyl (C=O) groups is 1. The topological polar surface area (TPSA) is 35.5 Å². The van der Waals surface area contributed by atoms with Crippen molar-refractivity contribution in [2.24, 2.45) is 0 Å². The Balaban J connectivity index is 2.67. The molecule has 0 aliphatic carbocycles. The van der Waals surface area contributed by atoms with E-state index in [4.69, 9.17) is 39.5 Å². The van der Waals surface area contributed by atoms with Crippen molar-refractivity contribution >= 4 is 40.8 Å². The van der Waals surface area contributed by atoms with Gasteiger partial charge in [-0.15, -0.1) is 0 Å². The van der Waals surface area contributed by atoms with E-state index in [0.717, 1.165) is 6.08 Å². The van der Waals surface area contributed by atoms with E-state index in [0.29, 0.717) is 5.75 Å². The molecule has 1 unspecified atom stereocenters. The number of benzene rings is 1. The first-order valence-electron chi connectivity index (χ1n) is 4.54. The second-order valence-electron chi connectivity index (χ2n) is 2.93. The number of rotatable bonds is 5. The highest BCUT2D eigenvalue weighted by atomic mass is 35.5. The van der Waals surface area contributed by atoms with E-state index < -0.39 is 16.1 Å². The van der Waals surface area contributed by atoms with Gasteiger partial charge in [0, 0.05) is 6.08 Å². The Labute approximate surface area is 114 Å². The zero-order chi connectivity index (χ0) is 12.9. The number of ether oxygens (including phenoxy) is 2. The summed E-state index contributed by atoms with van der Waals surface area (Å²) in [4.78, 5) is 10.9. The Morgan fingerprint density at radius 3 is 2.47 bits per heavy atom. The fraction of sp³-hybridized carbons (Fsp3) is 0.182. The molecule has 3 nitrogen and oxygen atoms in total. The van der Waals surface area contributed by atoms with Crippen molar-refractivity contribution in [2.75, 3.05) is 0 Å². The van der Waals surface area contributed by atoms with Crippen LogP contribution in [0.1, 0.15) is 0 Å². The highest BCUT2D eigenvalue weighted by Gasteiger charge is 2.39. The Morgan fingerprint density at radius 2 is 1.94 bits per heavy atom. The Kier molecular flexibility index (Phi) is 5.12. The molecule has 0 spiro atoms. The number of esters is 1. The van der Waals surface area contributed by atoms with Crippen LogP contribution in [-0.2, 0) is 9.53 Å². The minimum atomic E-state index is -1.89. The summed E-state index contributed by atoms with van der Waals surface area (Å²) in [6.45, 7) is 3.22. The van der Waals surface area contributed by atoms with E-state index in [1.165, 1.54) is 0 Å². The SMILES string of the molecule is C=CC(=O)OC(Cl)C(Cl)(Cl)Oc1ccccc1. The summed E-state index contributed by atoms with van der Waals surface area (Å²) in [5.41, 5.74) is -1.36. The first-order chi connectivity index (χ1) is 7.95. The molecule has 92 valence electrons. The van der Waals surface area contributed by atoms with E-state index >= 15 is 0 Å². The first-order valence-corrected chi connectivity index (χ1v) is 5.74. The highest BCUT2D eigenvalue weighted by Crippen LogP contribution is 2.33. The van der Waals surface area contributed by atoms with Crippen LogP contribution in [0.3, 0.4) is 0 Å². The summed E-state index contributed by atoms with van der Waals surface area (Å²) >= 11 is 17.4. The van der Waals surface area contributed by atoms with Gasteiger partial charge < -0.3 is 9.47 Å². The smallest absolute Gasteiger partial charge is 0.331 e. The summed E-state index contributed by atoms with van der Waals surface area (Å²) in [6, 6.07) is 8.54. The molecule has 0 aliphatic heterocycles. The van der Waals surface area contributed by atoms with Gasteiger partial charge in [-0.05, 0) is 12.1 Å². The van der Waals surface area contributed by atoms with Crippen LogP contribution in [0.2, 0.25) is 0 Å².